The van der Waals surface area contributed by atoms with E-state index in [9.17, 15) is 15.0 Å². The summed E-state index contributed by atoms with van der Waals surface area (Å²) in [5, 5.41) is 31.3. The molecule has 1 saturated heterocycles. The second-order valence-electron chi connectivity index (χ2n) is 7.60. The number of anilines is 3. The lowest BCUT2D eigenvalue weighted by molar-refractivity contribution is -0.117. The number of nitrogens with two attached hydrogens (primary N) is 2. The number of hydrogen-bond acceptors (Lipinski definition) is 10. The van der Waals surface area contributed by atoms with Gasteiger partial charge in [-0.2, -0.15) is 0 Å². The minimum absolute atomic E-state index is 0.0384. The van der Waals surface area contributed by atoms with Gasteiger partial charge in [0.1, 0.15) is 5.52 Å². The van der Waals surface area contributed by atoms with E-state index in [1.165, 1.54) is 6.20 Å². The predicted molar refractivity (Wildman–Crippen MR) is 116 cm³/mol. The van der Waals surface area contributed by atoms with Crippen molar-refractivity contribution in [1.82, 2.24) is 10.2 Å². The van der Waals surface area contributed by atoms with Gasteiger partial charge in [0.15, 0.2) is 5.82 Å². The Balaban J connectivity index is 1.56. The number of amides is 1. The molecule has 1 aliphatic carbocycles. The monoisotopic (exact) mass is 427 g/mol. The SMILES string of the molecule is CN=CC(=CN)[C@H]1C[C@@H]1C(=O)Nc1cc2cc(N3C(O)OC[C@@H]3CO)cc(N)c2nn1. The number of carbonyl (C=O) groups is 1. The van der Waals surface area contributed by atoms with Crippen molar-refractivity contribution >= 4 is 40.2 Å². The normalized spacial score (nSPS) is 26.0. The van der Waals surface area contributed by atoms with Crippen molar-refractivity contribution in [1.29, 1.82) is 0 Å². The Morgan fingerprint density at radius 3 is 2.90 bits per heavy atom. The van der Waals surface area contributed by atoms with Crippen LogP contribution in [0.1, 0.15) is 6.42 Å². The number of hydrogen-bond donors (Lipinski definition) is 5. The molecule has 2 fully saturated rings. The van der Waals surface area contributed by atoms with Crippen molar-refractivity contribution < 1.29 is 19.7 Å². The Labute approximate surface area is 178 Å². The zero-order valence-corrected chi connectivity index (χ0v) is 17.0. The first-order valence-electron chi connectivity index (χ1n) is 9.87. The van der Waals surface area contributed by atoms with Crippen LogP contribution < -0.4 is 21.7 Å². The van der Waals surface area contributed by atoms with Crippen LogP contribution in [0.5, 0.6) is 0 Å². The smallest absolute Gasteiger partial charge is 0.238 e. The van der Waals surface area contributed by atoms with Crippen LogP contribution in [-0.2, 0) is 9.53 Å². The fourth-order valence-electron chi connectivity index (χ4n) is 3.88. The van der Waals surface area contributed by atoms with Crippen LogP contribution in [0, 0.1) is 11.8 Å². The number of aliphatic imine (C=N–C) groups is 1. The summed E-state index contributed by atoms with van der Waals surface area (Å²) in [5.74, 6) is -0.0465. The van der Waals surface area contributed by atoms with Crippen LogP contribution in [0.25, 0.3) is 10.9 Å². The number of allylic oxidation sites excluding steroid dienone is 1. The third kappa shape index (κ3) is 4.02. The lowest BCUT2D eigenvalue weighted by Crippen LogP contribution is -2.39. The van der Waals surface area contributed by atoms with E-state index in [-0.39, 0.29) is 31.0 Å². The molecule has 0 spiro atoms. The van der Waals surface area contributed by atoms with E-state index in [2.05, 4.69) is 20.5 Å². The molecule has 31 heavy (non-hydrogen) atoms. The molecule has 1 saturated carbocycles. The second kappa shape index (κ2) is 8.46. The molecule has 1 aliphatic heterocycles. The highest BCUT2D eigenvalue weighted by molar-refractivity contribution is 5.98. The maximum atomic E-state index is 12.6. The van der Waals surface area contributed by atoms with Crippen molar-refractivity contribution in [2.75, 3.05) is 36.2 Å². The summed E-state index contributed by atoms with van der Waals surface area (Å²) in [6.07, 6.45) is 2.63. The van der Waals surface area contributed by atoms with Crippen LogP contribution in [0.4, 0.5) is 17.2 Å². The Hall–Kier alpha value is -3.28. The first-order chi connectivity index (χ1) is 15.0. The summed E-state index contributed by atoms with van der Waals surface area (Å²) in [6.45, 7) is 0.00543. The Bertz CT molecular complexity index is 1060. The number of aliphatic hydroxyl groups is 2. The number of fused-ring (bicyclic) bond motifs is 1. The van der Waals surface area contributed by atoms with Gasteiger partial charge in [0.2, 0.25) is 12.3 Å². The predicted octanol–water partition coefficient (Wildman–Crippen LogP) is -0.197. The minimum atomic E-state index is -1.19. The summed E-state index contributed by atoms with van der Waals surface area (Å²) in [4.78, 5) is 18.1. The fraction of sp³-hybridized carbons (Fsp3) is 0.400. The van der Waals surface area contributed by atoms with E-state index < -0.39 is 12.5 Å². The van der Waals surface area contributed by atoms with E-state index in [0.29, 0.717) is 34.5 Å². The number of aromatic nitrogens is 2. The molecule has 2 heterocycles. The van der Waals surface area contributed by atoms with Crippen molar-refractivity contribution in [3.05, 3.63) is 30.0 Å². The van der Waals surface area contributed by atoms with E-state index in [4.69, 9.17) is 16.2 Å². The van der Waals surface area contributed by atoms with Crippen LogP contribution in [-0.4, -0.2) is 65.2 Å². The molecule has 11 heteroatoms. The quantitative estimate of drug-likeness (QED) is 0.309. The molecule has 2 aromatic rings. The van der Waals surface area contributed by atoms with Gasteiger partial charge in [0.25, 0.3) is 0 Å². The number of benzene rings is 1. The fourth-order valence-corrected chi connectivity index (χ4v) is 3.88. The lowest BCUT2D eigenvalue weighted by Gasteiger charge is -2.26. The standard InChI is InChI=1S/C20H25N7O4/c1-23-7-11(6-21)14-5-15(14)19(29)24-17-3-10-2-12(4-16(22)18(10)26-25-17)27-13(8-28)9-31-20(27)30/h2-4,6-7,13-15,20,28,30H,5,8-9,21-22H2,1H3,(H,24,25,29)/t13-,14+,15-,20?/m0/s1. The molecule has 11 nitrogen and oxygen atoms in total. The van der Waals surface area contributed by atoms with E-state index in [1.54, 1.807) is 36.4 Å². The highest BCUT2D eigenvalue weighted by Gasteiger charge is 2.45. The van der Waals surface area contributed by atoms with Crippen LogP contribution in [0.2, 0.25) is 0 Å². The van der Waals surface area contributed by atoms with Crippen molar-refractivity contribution in [2.24, 2.45) is 22.6 Å². The first kappa shape index (κ1) is 21.0. The molecule has 0 bridgehead atoms. The third-order valence-electron chi connectivity index (χ3n) is 5.56. The van der Waals surface area contributed by atoms with Gasteiger partial charge in [-0.15, -0.1) is 10.2 Å². The third-order valence-corrected chi connectivity index (χ3v) is 5.56. The molecular formula is C20H25N7O4. The second-order valence-corrected chi connectivity index (χ2v) is 7.60. The molecule has 7 N–H and O–H groups in total. The van der Waals surface area contributed by atoms with Gasteiger partial charge >= 0.3 is 0 Å². The van der Waals surface area contributed by atoms with Crippen LogP contribution in [0.3, 0.4) is 0 Å². The zero-order chi connectivity index (χ0) is 22.1. The molecule has 0 radical (unpaired) electrons. The molecule has 1 unspecified atom stereocenters. The van der Waals surface area contributed by atoms with Gasteiger partial charge in [-0.25, -0.2) is 0 Å². The van der Waals surface area contributed by atoms with Crippen LogP contribution in [0.15, 0.2) is 35.0 Å². The van der Waals surface area contributed by atoms with Gasteiger partial charge in [0, 0.05) is 30.3 Å². The molecular weight excluding hydrogens is 402 g/mol. The maximum absolute atomic E-state index is 12.6. The highest BCUT2D eigenvalue weighted by atomic mass is 16.6. The average molecular weight is 427 g/mol. The van der Waals surface area contributed by atoms with Gasteiger partial charge in [0.05, 0.1) is 24.9 Å². The van der Waals surface area contributed by atoms with Crippen molar-refractivity contribution in [3.63, 3.8) is 0 Å². The number of ether oxygens (including phenoxy) is 1. The Morgan fingerprint density at radius 1 is 1.39 bits per heavy atom. The molecule has 1 aromatic heterocycles. The van der Waals surface area contributed by atoms with Gasteiger partial charge in [-0.05, 0) is 42.3 Å². The summed E-state index contributed by atoms with van der Waals surface area (Å²) >= 11 is 0. The molecule has 164 valence electrons. The van der Waals surface area contributed by atoms with Gasteiger partial charge in [-0.1, -0.05) is 0 Å². The number of aliphatic hydroxyl groups excluding tert-OH is 2. The molecule has 4 rings (SSSR count). The van der Waals surface area contributed by atoms with Crippen LogP contribution >= 0.6 is 0 Å². The van der Waals surface area contributed by atoms with Gasteiger partial charge in [-0.3, -0.25) is 9.79 Å². The Kier molecular flexibility index (Phi) is 5.72. The van der Waals surface area contributed by atoms with E-state index in [1.807, 2.05) is 0 Å². The molecule has 1 aromatic carbocycles. The average Bonchev–Trinajstić information content (AvgIpc) is 3.46. The summed E-state index contributed by atoms with van der Waals surface area (Å²) < 4.78 is 5.21. The molecule has 1 amide bonds. The van der Waals surface area contributed by atoms with Crippen molar-refractivity contribution in [3.8, 4) is 0 Å². The van der Waals surface area contributed by atoms with E-state index >= 15 is 0 Å². The number of carbonyl (C=O) groups excluding carboxylic acids is 1. The highest BCUT2D eigenvalue weighted by Crippen LogP contribution is 2.44. The van der Waals surface area contributed by atoms with Gasteiger partial charge < -0.3 is 36.6 Å². The largest absolute Gasteiger partial charge is 0.404 e. The molecule has 4 atom stereocenters. The Morgan fingerprint density at radius 2 is 2.19 bits per heavy atom. The number of nitrogen functional groups attached to an aromatic ring is 1. The number of nitrogens with one attached hydrogen (secondary N) is 1. The summed E-state index contributed by atoms with van der Waals surface area (Å²) in [6, 6.07) is 4.66. The maximum Gasteiger partial charge on any atom is 0.238 e. The first-order valence-corrected chi connectivity index (χ1v) is 9.87. The zero-order valence-electron chi connectivity index (χ0n) is 17.0. The molecule has 2 aliphatic rings. The number of nitrogens with zero attached hydrogens (tertiary/aromatic N) is 4. The minimum Gasteiger partial charge on any atom is -0.404 e. The summed E-state index contributed by atoms with van der Waals surface area (Å²) in [5.41, 5.74) is 14.0. The topological polar surface area (TPSA) is 172 Å². The summed E-state index contributed by atoms with van der Waals surface area (Å²) in [7, 11) is 1.65. The van der Waals surface area contributed by atoms with Crippen molar-refractivity contribution in [2.45, 2.75) is 18.9 Å². The number of rotatable bonds is 6. The van der Waals surface area contributed by atoms with E-state index in [0.717, 1.165) is 5.57 Å². The lowest BCUT2D eigenvalue weighted by atomic mass is 10.1.